The summed E-state index contributed by atoms with van der Waals surface area (Å²) in [6.45, 7) is 0.464. The van der Waals surface area contributed by atoms with Crippen molar-refractivity contribution in [1.82, 2.24) is 0 Å². The first kappa shape index (κ1) is 14.9. The molecule has 0 fully saturated rings. The van der Waals surface area contributed by atoms with E-state index in [9.17, 15) is 4.79 Å². The Labute approximate surface area is 123 Å². The summed E-state index contributed by atoms with van der Waals surface area (Å²) < 4.78 is 10.9. The van der Waals surface area contributed by atoms with Crippen LogP contribution in [0.25, 0.3) is 0 Å². The van der Waals surface area contributed by atoms with Crippen molar-refractivity contribution in [3.63, 3.8) is 0 Å². The van der Waals surface area contributed by atoms with Gasteiger partial charge >= 0.3 is 5.97 Å². The lowest BCUT2D eigenvalue weighted by Gasteiger charge is -2.08. The molecule has 0 saturated carbocycles. The summed E-state index contributed by atoms with van der Waals surface area (Å²) in [4.78, 5) is 10.5. The lowest BCUT2D eigenvalue weighted by Crippen LogP contribution is -1.98. The first-order valence-corrected chi connectivity index (χ1v) is 6.74. The molecule has 21 heavy (non-hydrogen) atoms. The highest BCUT2D eigenvalue weighted by molar-refractivity contribution is 5.67. The Morgan fingerprint density at radius 1 is 1.05 bits per heavy atom. The van der Waals surface area contributed by atoms with Crippen molar-refractivity contribution >= 4 is 5.97 Å². The van der Waals surface area contributed by atoms with Crippen LogP contribution in [0.5, 0.6) is 11.5 Å². The third-order valence-corrected chi connectivity index (χ3v) is 3.09. The average molecular weight is 286 g/mol. The number of carboxylic acid groups (broad SMARTS) is 1. The molecule has 0 unspecified atom stereocenters. The Kier molecular flexibility index (Phi) is 5.21. The number of carbonyl (C=O) groups is 1. The Bertz CT molecular complexity index is 590. The molecule has 110 valence electrons. The first-order valence-electron chi connectivity index (χ1n) is 6.74. The van der Waals surface area contributed by atoms with Crippen LogP contribution < -0.4 is 9.47 Å². The molecule has 0 aliphatic rings. The van der Waals surface area contributed by atoms with Gasteiger partial charge in [0.15, 0.2) is 0 Å². The zero-order valence-electron chi connectivity index (χ0n) is 11.9. The Balaban J connectivity index is 1.89. The summed E-state index contributed by atoms with van der Waals surface area (Å²) in [5, 5.41) is 8.65. The van der Waals surface area contributed by atoms with Crippen molar-refractivity contribution in [2.24, 2.45) is 0 Å². The van der Waals surface area contributed by atoms with Crippen LogP contribution in [0.2, 0.25) is 0 Å². The predicted octanol–water partition coefficient (Wildman–Crippen LogP) is 3.29. The molecule has 0 bridgehead atoms. The van der Waals surface area contributed by atoms with Gasteiger partial charge in [0.05, 0.1) is 7.11 Å². The summed E-state index contributed by atoms with van der Waals surface area (Å²) in [5.41, 5.74) is 2.02. The fraction of sp³-hybridized carbons (Fsp3) is 0.235. The molecule has 0 spiro atoms. The van der Waals surface area contributed by atoms with Gasteiger partial charge in [-0.2, -0.15) is 0 Å². The minimum absolute atomic E-state index is 0.143. The fourth-order valence-corrected chi connectivity index (χ4v) is 1.93. The average Bonchev–Trinajstić information content (AvgIpc) is 2.52. The SMILES string of the molecule is COc1cccc(COc2ccc(CCC(=O)O)cc2)c1. The van der Waals surface area contributed by atoms with E-state index in [-0.39, 0.29) is 6.42 Å². The van der Waals surface area contributed by atoms with Crippen LogP contribution in [-0.4, -0.2) is 18.2 Å². The summed E-state index contributed by atoms with van der Waals surface area (Å²) in [6, 6.07) is 15.2. The van der Waals surface area contributed by atoms with Gasteiger partial charge in [-0.3, -0.25) is 4.79 Å². The molecule has 2 aromatic carbocycles. The zero-order valence-corrected chi connectivity index (χ0v) is 11.9. The van der Waals surface area contributed by atoms with Gasteiger partial charge in [0.1, 0.15) is 18.1 Å². The number of aliphatic carboxylic acids is 1. The van der Waals surface area contributed by atoms with Crippen molar-refractivity contribution in [3.05, 3.63) is 59.7 Å². The number of hydrogen-bond acceptors (Lipinski definition) is 3. The van der Waals surface area contributed by atoms with Gasteiger partial charge in [-0.15, -0.1) is 0 Å². The van der Waals surface area contributed by atoms with Crippen LogP contribution in [-0.2, 0) is 17.8 Å². The highest BCUT2D eigenvalue weighted by atomic mass is 16.5. The smallest absolute Gasteiger partial charge is 0.303 e. The maximum Gasteiger partial charge on any atom is 0.303 e. The third kappa shape index (κ3) is 4.84. The number of benzene rings is 2. The monoisotopic (exact) mass is 286 g/mol. The molecule has 1 N–H and O–H groups in total. The highest BCUT2D eigenvalue weighted by Gasteiger charge is 2.01. The van der Waals surface area contributed by atoms with Crippen molar-refractivity contribution < 1.29 is 19.4 Å². The van der Waals surface area contributed by atoms with E-state index in [1.165, 1.54) is 0 Å². The second kappa shape index (κ2) is 7.33. The van der Waals surface area contributed by atoms with Crippen molar-refractivity contribution in [1.29, 1.82) is 0 Å². The number of ether oxygens (including phenoxy) is 2. The Hall–Kier alpha value is -2.49. The van der Waals surface area contributed by atoms with Gasteiger partial charge in [0.2, 0.25) is 0 Å². The minimum Gasteiger partial charge on any atom is -0.497 e. The lowest BCUT2D eigenvalue weighted by molar-refractivity contribution is -0.136. The Morgan fingerprint density at radius 3 is 2.48 bits per heavy atom. The van der Waals surface area contributed by atoms with Gasteiger partial charge in [0.25, 0.3) is 0 Å². The Morgan fingerprint density at radius 2 is 1.81 bits per heavy atom. The highest BCUT2D eigenvalue weighted by Crippen LogP contribution is 2.17. The van der Waals surface area contributed by atoms with E-state index in [0.29, 0.717) is 13.0 Å². The number of rotatable bonds is 7. The number of aryl methyl sites for hydroxylation is 1. The molecule has 0 amide bonds. The zero-order chi connectivity index (χ0) is 15.1. The van der Waals surface area contributed by atoms with Crippen LogP contribution in [0.15, 0.2) is 48.5 Å². The summed E-state index contributed by atoms with van der Waals surface area (Å²) >= 11 is 0. The van der Waals surface area contributed by atoms with Gasteiger partial charge in [-0.05, 0) is 41.8 Å². The maximum absolute atomic E-state index is 10.5. The van der Waals surface area contributed by atoms with Gasteiger partial charge in [-0.1, -0.05) is 24.3 Å². The van der Waals surface area contributed by atoms with Crippen molar-refractivity contribution in [3.8, 4) is 11.5 Å². The quantitative estimate of drug-likeness (QED) is 0.848. The molecule has 2 aromatic rings. The van der Waals surface area contributed by atoms with Gasteiger partial charge < -0.3 is 14.6 Å². The fourth-order valence-electron chi connectivity index (χ4n) is 1.93. The molecule has 0 saturated heterocycles. The van der Waals surface area contributed by atoms with E-state index < -0.39 is 5.97 Å². The molecular formula is C17H18O4. The molecule has 0 aliphatic carbocycles. The summed E-state index contributed by atoms with van der Waals surface area (Å²) in [6.07, 6.45) is 0.676. The molecule has 4 nitrogen and oxygen atoms in total. The van der Waals surface area contributed by atoms with Crippen molar-refractivity contribution in [2.45, 2.75) is 19.4 Å². The largest absolute Gasteiger partial charge is 0.497 e. The van der Waals surface area contributed by atoms with Crippen LogP contribution in [0.1, 0.15) is 17.5 Å². The molecule has 0 aliphatic heterocycles. The molecule has 0 aromatic heterocycles. The maximum atomic E-state index is 10.5. The van der Waals surface area contributed by atoms with Crippen LogP contribution in [0.4, 0.5) is 0 Å². The first-order chi connectivity index (χ1) is 10.2. The number of hydrogen-bond donors (Lipinski definition) is 1. The number of carboxylic acids is 1. The second-order valence-corrected chi connectivity index (χ2v) is 4.68. The minimum atomic E-state index is -0.784. The van der Waals surface area contributed by atoms with E-state index in [2.05, 4.69) is 0 Å². The summed E-state index contributed by atoms with van der Waals surface area (Å²) in [7, 11) is 1.63. The topological polar surface area (TPSA) is 55.8 Å². The number of methoxy groups -OCH3 is 1. The van der Waals surface area contributed by atoms with E-state index in [1.54, 1.807) is 7.11 Å². The van der Waals surface area contributed by atoms with E-state index in [1.807, 2.05) is 48.5 Å². The van der Waals surface area contributed by atoms with Crippen LogP contribution >= 0.6 is 0 Å². The molecule has 0 heterocycles. The molecule has 0 atom stereocenters. The van der Waals surface area contributed by atoms with E-state index in [0.717, 1.165) is 22.6 Å². The van der Waals surface area contributed by atoms with Gasteiger partial charge in [0, 0.05) is 6.42 Å². The van der Waals surface area contributed by atoms with Crippen LogP contribution in [0.3, 0.4) is 0 Å². The normalized spacial score (nSPS) is 10.1. The predicted molar refractivity (Wildman–Crippen MR) is 79.7 cm³/mol. The van der Waals surface area contributed by atoms with Crippen LogP contribution in [0, 0.1) is 0 Å². The van der Waals surface area contributed by atoms with E-state index >= 15 is 0 Å². The summed E-state index contributed by atoms with van der Waals surface area (Å²) in [5.74, 6) is 0.783. The van der Waals surface area contributed by atoms with Crippen molar-refractivity contribution in [2.75, 3.05) is 7.11 Å². The molecule has 0 radical (unpaired) electrons. The molecule has 4 heteroatoms. The standard InChI is InChI=1S/C17H18O4/c1-20-16-4-2-3-14(11-16)12-21-15-8-5-13(6-9-15)7-10-17(18)19/h2-6,8-9,11H,7,10,12H2,1H3,(H,18,19). The third-order valence-electron chi connectivity index (χ3n) is 3.09. The van der Waals surface area contributed by atoms with E-state index in [4.69, 9.17) is 14.6 Å². The molecule has 2 rings (SSSR count). The second-order valence-electron chi connectivity index (χ2n) is 4.68. The lowest BCUT2D eigenvalue weighted by atomic mass is 10.1. The van der Waals surface area contributed by atoms with Gasteiger partial charge in [-0.25, -0.2) is 0 Å². The molecular weight excluding hydrogens is 268 g/mol.